The molecule has 0 fully saturated rings. The van der Waals surface area contributed by atoms with Gasteiger partial charge < -0.3 is 9.72 Å². The second-order valence-corrected chi connectivity index (χ2v) is 4.98. The molecule has 5 heteroatoms. The molecule has 2 aromatic heterocycles. The predicted molar refractivity (Wildman–Crippen MR) is 77.5 cm³/mol. The number of aromatic nitrogens is 3. The van der Waals surface area contributed by atoms with Crippen LogP contribution in [0.1, 0.15) is 50.0 Å². The molecule has 0 spiro atoms. The maximum atomic E-state index is 12.1. The number of unbranched alkanes of at least 4 members (excludes halogenated alkanes) is 1. The molecule has 1 atom stereocenters. The summed E-state index contributed by atoms with van der Waals surface area (Å²) in [5.74, 6) is 0.0643. The van der Waals surface area contributed by atoms with Gasteiger partial charge in [-0.2, -0.15) is 0 Å². The highest BCUT2D eigenvalue weighted by Gasteiger charge is 2.16. The minimum Gasteiger partial charge on any atom is -0.461 e. The fourth-order valence-electron chi connectivity index (χ4n) is 2.20. The molecule has 1 unspecified atom stereocenters. The lowest BCUT2D eigenvalue weighted by Crippen LogP contribution is -2.15. The average Bonchev–Trinajstić information content (AvgIpc) is 2.95. The number of carbonyl (C=O) groups is 1. The van der Waals surface area contributed by atoms with Gasteiger partial charge in [0.15, 0.2) is 5.69 Å². The summed E-state index contributed by atoms with van der Waals surface area (Å²) in [5, 5.41) is 0.708. The van der Waals surface area contributed by atoms with E-state index in [-0.39, 0.29) is 5.97 Å². The van der Waals surface area contributed by atoms with Gasteiger partial charge in [0.1, 0.15) is 12.0 Å². The number of carbonyl (C=O) groups excluding carboxylic acids is 1. The van der Waals surface area contributed by atoms with Crippen LogP contribution in [0.2, 0.25) is 0 Å². The van der Waals surface area contributed by atoms with E-state index in [1.54, 1.807) is 12.3 Å². The molecule has 5 nitrogen and oxygen atoms in total. The Balaban J connectivity index is 1.99. The molecule has 0 aliphatic carbocycles. The molecule has 2 aromatic rings. The van der Waals surface area contributed by atoms with Crippen LogP contribution in [0.3, 0.4) is 0 Å². The quantitative estimate of drug-likeness (QED) is 0.787. The lowest BCUT2D eigenvalue weighted by Gasteiger charge is -2.14. The van der Waals surface area contributed by atoms with Crippen LogP contribution in [0.4, 0.5) is 0 Å². The second kappa shape index (κ2) is 7.03. The maximum Gasteiger partial charge on any atom is 0.357 e. The van der Waals surface area contributed by atoms with Crippen LogP contribution < -0.4 is 0 Å². The number of aromatic amines is 1. The van der Waals surface area contributed by atoms with Gasteiger partial charge in [-0.1, -0.05) is 33.1 Å². The summed E-state index contributed by atoms with van der Waals surface area (Å²) in [6, 6.07) is 1.79. The first kappa shape index (κ1) is 14.5. The number of nitrogens with one attached hydrogen (secondary N) is 1. The van der Waals surface area contributed by atoms with E-state index < -0.39 is 0 Å². The molecule has 108 valence electrons. The molecule has 1 N–H and O–H groups in total. The lowest BCUT2D eigenvalue weighted by atomic mass is 10.0. The van der Waals surface area contributed by atoms with Gasteiger partial charge in [0.05, 0.1) is 12.0 Å². The van der Waals surface area contributed by atoms with Crippen molar-refractivity contribution in [3.8, 4) is 0 Å². The zero-order valence-electron chi connectivity index (χ0n) is 12.1. The molecule has 0 bridgehead atoms. The number of hydrogen-bond acceptors (Lipinski definition) is 4. The van der Waals surface area contributed by atoms with Crippen molar-refractivity contribution in [2.75, 3.05) is 6.61 Å². The van der Waals surface area contributed by atoms with Gasteiger partial charge in [-0.3, -0.25) is 0 Å². The largest absolute Gasteiger partial charge is 0.461 e. The Hall–Kier alpha value is -1.91. The summed E-state index contributed by atoms with van der Waals surface area (Å²) in [6.07, 6.45) is 7.59. The standard InChI is InChI=1S/C15H21N3O2/c1-3-5-6-11(4-2)9-20-15(19)13-12-7-8-16-14(12)18-10-17-13/h7-8,10-11H,3-6,9H2,1-2H3,(H,16,17,18). The van der Waals surface area contributed by atoms with Crippen LogP contribution in [0.25, 0.3) is 11.0 Å². The minimum absolute atomic E-state index is 0.335. The zero-order chi connectivity index (χ0) is 14.4. The summed E-state index contributed by atoms with van der Waals surface area (Å²) in [6.45, 7) is 4.76. The van der Waals surface area contributed by atoms with Gasteiger partial charge >= 0.3 is 5.97 Å². The van der Waals surface area contributed by atoms with Gasteiger partial charge in [-0.25, -0.2) is 14.8 Å². The Kier molecular flexibility index (Phi) is 5.09. The van der Waals surface area contributed by atoms with E-state index in [1.165, 1.54) is 19.2 Å². The summed E-state index contributed by atoms with van der Waals surface area (Å²) in [4.78, 5) is 23.2. The van der Waals surface area contributed by atoms with Crippen molar-refractivity contribution in [3.05, 3.63) is 24.3 Å². The summed E-state index contributed by atoms with van der Waals surface area (Å²) >= 11 is 0. The first-order chi connectivity index (χ1) is 9.76. The molecule has 2 heterocycles. The molecule has 0 amide bonds. The van der Waals surface area contributed by atoms with E-state index in [0.717, 1.165) is 12.8 Å². The van der Waals surface area contributed by atoms with Gasteiger partial charge in [0.25, 0.3) is 0 Å². The van der Waals surface area contributed by atoms with E-state index in [0.29, 0.717) is 29.3 Å². The normalized spacial score (nSPS) is 12.5. The second-order valence-electron chi connectivity index (χ2n) is 4.98. The monoisotopic (exact) mass is 275 g/mol. The van der Waals surface area contributed by atoms with Crippen LogP contribution in [0.5, 0.6) is 0 Å². The zero-order valence-corrected chi connectivity index (χ0v) is 12.1. The molecular formula is C15H21N3O2. The molecule has 0 radical (unpaired) electrons. The SMILES string of the molecule is CCCCC(CC)COC(=O)c1ncnc2[nH]ccc12. The molecule has 0 aliphatic rings. The Labute approximate surface area is 118 Å². The van der Waals surface area contributed by atoms with E-state index >= 15 is 0 Å². The van der Waals surface area contributed by atoms with Crippen LogP contribution >= 0.6 is 0 Å². The minimum atomic E-state index is -0.369. The Morgan fingerprint density at radius 3 is 3.00 bits per heavy atom. The molecule has 0 saturated heterocycles. The molecule has 0 saturated carbocycles. The number of hydrogen-bond donors (Lipinski definition) is 1. The highest BCUT2D eigenvalue weighted by molar-refractivity contribution is 6.00. The average molecular weight is 275 g/mol. The summed E-state index contributed by atoms with van der Waals surface area (Å²) in [7, 11) is 0. The highest BCUT2D eigenvalue weighted by atomic mass is 16.5. The highest BCUT2D eigenvalue weighted by Crippen LogP contribution is 2.16. The molecule has 20 heavy (non-hydrogen) atoms. The Bertz CT molecular complexity index is 565. The van der Waals surface area contributed by atoms with Gasteiger partial charge in [-0.05, 0) is 18.4 Å². The Morgan fingerprint density at radius 1 is 1.40 bits per heavy atom. The third-order valence-electron chi connectivity index (χ3n) is 3.54. The smallest absolute Gasteiger partial charge is 0.357 e. The van der Waals surface area contributed by atoms with Crippen LogP contribution in [-0.4, -0.2) is 27.5 Å². The van der Waals surface area contributed by atoms with Gasteiger partial charge in [-0.15, -0.1) is 0 Å². The van der Waals surface area contributed by atoms with Crippen molar-refractivity contribution >= 4 is 17.0 Å². The molecular weight excluding hydrogens is 254 g/mol. The van der Waals surface area contributed by atoms with Crippen LogP contribution in [0.15, 0.2) is 18.6 Å². The Morgan fingerprint density at radius 2 is 2.25 bits per heavy atom. The molecule has 2 rings (SSSR count). The fraction of sp³-hybridized carbons (Fsp3) is 0.533. The molecule has 0 aromatic carbocycles. The fourth-order valence-corrected chi connectivity index (χ4v) is 2.20. The van der Waals surface area contributed by atoms with Crippen molar-refractivity contribution in [2.45, 2.75) is 39.5 Å². The number of ether oxygens (including phenoxy) is 1. The van der Waals surface area contributed by atoms with E-state index in [9.17, 15) is 4.79 Å². The third-order valence-corrected chi connectivity index (χ3v) is 3.54. The number of esters is 1. The van der Waals surface area contributed by atoms with Crippen LogP contribution in [-0.2, 0) is 4.74 Å². The van der Waals surface area contributed by atoms with E-state index in [1.807, 2.05) is 0 Å². The van der Waals surface area contributed by atoms with Crippen LogP contribution in [0, 0.1) is 5.92 Å². The maximum absolute atomic E-state index is 12.1. The first-order valence-electron chi connectivity index (χ1n) is 7.21. The first-order valence-corrected chi connectivity index (χ1v) is 7.21. The number of fused-ring (bicyclic) bond motifs is 1. The lowest BCUT2D eigenvalue weighted by molar-refractivity contribution is 0.0423. The van der Waals surface area contributed by atoms with Crippen molar-refractivity contribution in [1.29, 1.82) is 0 Å². The molecule has 0 aliphatic heterocycles. The van der Waals surface area contributed by atoms with Crippen molar-refractivity contribution in [2.24, 2.45) is 5.92 Å². The van der Waals surface area contributed by atoms with E-state index in [4.69, 9.17) is 4.74 Å². The van der Waals surface area contributed by atoms with Gasteiger partial charge in [0.2, 0.25) is 0 Å². The summed E-state index contributed by atoms with van der Waals surface area (Å²) < 4.78 is 5.41. The third kappa shape index (κ3) is 3.35. The topological polar surface area (TPSA) is 67.9 Å². The predicted octanol–water partition coefficient (Wildman–Crippen LogP) is 3.33. The number of nitrogens with zero attached hydrogens (tertiary/aromatic N) is 2. The van der Waals surface area contributed by atoms with E-state index in [2.05, 4.69) is 28.8 Å². The number of H-pyrrole nitrogens is 1. The van der Waals surface area contributed by atoms with Gasteiger partial charge in [0, 0.05) is 6.20 Å². The summed E-state index contributed by atoms with van der Waals surface area (Å²) in [5.41, 5.74) is 0.992. The van der Waals surface area contributed by atoms with Crippen molar-refractivity contribution in [1.82, 2.24) is 15.0 Å². The van der Waals surface area contributed by atoms with Crippen molar-refractivity contribution < 1.29 is 9.53 Å². The number of rotatable bonds is 7. The van der Waals surface area contributed by atoms with Crippen molar-refractivity contribution in [3.63, 3.8) is 0 Å².